The van der Waals surface area contributed by atoms with E-state index in [2.05, 4.69) is 43.2 Å². The third-order valence-corrected chi connectivity index (χ3v) is 10.8. The summed E-state index contributed by atoms with van der Waals surface area (Å²) in [7, 11) is 3.17. The van der Waals surface area contributed by atoms with Gasteiger partial charge in [0.25, 0.3) is 0 Å². The van der Waals surface area contributed by atoms with Crippen molar-refractivity contribution in [1.82, 2.24) is 4.90 Å². The number of aliphatic carboxylic acids is 1. The van der Waals surface area contributed by atoms with Gasteiger partial charge in [0.15, 0.2) is 17.5 Å². The zero-order chi connectivity index (χ0) is 37.6. The van der Waals surface area contributed by atoms with Crippen LogP contribution in [0.5, 0.6) is 11.5 Å². The molecular formula is C44H43BrN4O5. The van der Waals surface area contributed by atoms with E-state index >= 15 is 0 Å². The van der Waals surface area contributed by atoms with E-state index < -0.39 is 18.1 Å². The van der Waals surface area contributed by atoms with Crippen LogP contribution in [0.4, 0.5) is 11.4 Å². The number of nitrogens with one attached hydrogen (secondary N) is 1. The van der Waals surface area contributed by atoms with E-state index in [9.17, 15) is 14.7 Å². The summed E-state index contributed by atoms with van der Waals surface area (Å²) in [6.07, 6.45) is 2.35. The molecule has 5 aromatic rings. The van der Waals surface area contributed by atoms with Gasteiger partial charge in [-0.05, 0) is 85.0 Å². The molecule has 0 radical (unpaired) electrons. The molecule has 0 unspecified atom stereocenters. The number of rotatable bonds is 12. The summed E-state index contributed by atoms with van der Waals surface area (Å²) in [5.74, 6) is -0.0813. The van der Waals surface area contributed by atoms with Gasteiger partial charge in [0.2, 0.25) is 5.91 Å². The van der Waals surface area contributed by atoms with Gasteiger partial charge in [-0.15, -0.1) is 0 Å². The summed E-state index contributed by atoms with van der Waals surface area (Å²) >= 11 is 3.55. The molecule has 1 fully saturated rings. The van der Waals surface area contributed by atoms with E-state index in [1.165, 1.54) is 0 Å². The molecule has 0 saturated carbocycles. The van der Waals surface area contributed by atoms with Gasteiger partial charge in [-0.2, -0.15) is 0 Å². The molecule has 3 atom stereocenters. The fourth-order valence-electron chi connectivity index (χ4n) is 7.68. The maximum absolute atomic E-state index is 14.1. The molecule has 0 aromatic heterocycles. The normalized spacial score (nSPS) is 17.8. The summed E-state index contributed by atoms with van der Waals surface area (Å²) in [5, 5.41) is 14.4. The number of carboxylic acids is 1. The number of nitrogens with zero attached hydrogens (tertiary/aromatic N) is 3. The highest BCUT2D eigenvalue weighted by Crippen LogP contribution is 2.43. The number of amides is 1. The molecular weight excluding hydrogens is 744 g/mol. The van der Waals surface area contributed by atoms with E-state index in [1.54, 1.807) is 14.2 Å². The van der Waals surface area contributed by atoms with Crippen molar-refractivity contribution < 1.29 is 24.2 Å². The number of carboxylic acid groups (broad SMARTS) is 1. The number of benzene rings is 5. The molecule has 1 saturated heterocycles. The standard InChI is InChI=1S/C44H43BrN4O5/c1-53-38-26-31-23-25-49(33-21-19-32(45)20-22-33)42(35(31)27-39(38)54-2)41(44(51)52)47-40(30-14-7-4-8-15-30)34-16-9-10-17-36(34)46-43(50)37-18-11-24-48(37)28-29-12-5-3-6-13-29/h3-10,12-17,19-22,26-27,37,41-42H,11,18,23-25,28H2,1-2H3,(H,46,50)(H,51,52)/t37-,41-,42-/m0/s1. The molecule has 7 rings (SSSR count). The van der Waals surface area contributed by atoms with Crippen molar-refractivity contribution in [2.75, 3.05) is 37.5 Å². The summed E-state index contributed by atoms with van der Waals surface area (Å²) in [4.78, 5) is 37.3. The lowest BCUT2D eigenvalue weighted by Gasteiger charge is -2.41. The first-order valence-electron chi connectivity index (χ1n) is 18.2. The van der Waals surface area contributed by atoms with E-state index in [1.807, 2.05) is 109 Å². The fraction of sp³-hybridized carbons (Fsp3) is 0.250. The van der Waals surface area contributed by atoms with E-state index in [0.717, 1.165) is 51.8 Å². The predicted molar refractivity (Wildman–Crippen MR) is 216 cm³/mol. The Morgan fingerprint density at radius 1 is 0.870 bits per heavy atom. The highest BCUT2D eigenvalue weighted by atomic mass is 79.9. The number of carbonyl (C=O) groups is 2. The third-order valence-electron chi connectivity index (χ3n) is 10.3. The van der Waals surface area contributed by atoms with Gasteiger partial charge >= 0.3 is 5.97 Å². The lowest BCUT2D eigenvalue weighted by molar-refractivity contribution is -0.139. The Morgan fingerprint density at radius 2 is 1.54 bits per heavy atom. The van der Waals surface area contributed by atoms with E-state index in [4.69, 9.17) is 14.5 Å². The van der Waals surface area contributed by atoms with Crippen LogP contribution in [-0.4, -0.2) is 67.0 Å². The molecule has 2 aliphatic heterocycles. The van der Waals surface area contributed by atoms with Crippen molar-refractivity contribution in [3.8, 4) is 11.5 Å². The largest absolute Gasteiger partial charge is 0.493 e. The van der Waals surface area contributed by atoms with Gasteiger partial charge in [0, 0.05) is 34.4 Å². The lowest BCUT2D eigenvalue weighted by Crippen LogP contribution is -2.44. The first-order valence-corrected chi connectivity index (χ1v) is 18.9. The molecule has 54 heavy (non-hydrogen) atoms. The number of hydrogen-bond donors (Lipinski definition) is 2. The second-order valence-electron chi connectivity index (χ2n) is 13.5. The van der Waals surface area contributed by atoms with Crippen molar-refractivity contribution in [3.63, 3.8) is 0 Å². The SMILES string of the molecule is COc1cc2c(cc1OC)[C@@H]([C@H](N=C(c1ccccc1)c1ccccc1NC(=O)[C@@H]1CCCN1Cc1ccccc1)C(=O)O)N(c1ccc(Br)cc1)CC2. The number of methoxy groups -OCH3 is 2. The van der Waals surface area contributed by atoms with Crippen molar-refractivity contribution in [2.24, 2.45) is 4.99 Å². The number of likely N-dealkylation sites (tertiary alicyclic amines) is 1. The topological polar surface area (TPSA) is 104 Å². The van der Waals surface area contributed by atoms with Gasteiger partial charge in [-0.25, -0.2) is 4.79 Å². The highest BCUT2D eigenvalue weighted by Gasteiger charge is 2.40. The second-order valence-corrected chi connectivity index (χ2v) is 14.5. The molecule has 10 heteroatoms. The number of hydrogen-bond acceptors (Lipinski definition) is 7. The van der Waals surface area contributed by atoms with Crippen molar-refractivity contribution in [2.45, 2.75) is 43.9 Å². The Morgan fingerprint density at radius 3 is 2.24 bits per heavy atom. The van der Waals surface area contributed by atoms with Gasteiger partial charge in [0.1, 0.15) is 0 Å². The van der Waals surface area contributed by atoms with Crippen LogP contribution in [0.15, 0.2) is 131 Å². The van der Waals surface area contributed by atoms with Crippen LogP contribution in [0, 0.1) is 0 Å². The minimum absolute atomic E-state index is 0.0956. The Labute approximate surface area is 324 Å². The van der Waals surface area contributed by atoms with Crippen LogP contribution in [0.2, 0.25) is 0 Å². The Kier molecular flexibility index (Phi) is 11.4. The quantitative estimate of drug-likeness (QED) is 0.123. The van der Waals surface area contributed by atoms with Crippen LogP contribution < -0.4 is 19.7 Å². The second kappa shape index (κ2) is 16.7. The van der Waals surface area contributed by atoms with Crippen molar-refractivity contribution >= 4 is 44.9 Å². The average Bonchev–Trinajstić information content (AvgIpc) is 3.67. The zero-order valence-corrected chi connectivity index (χ0v) is 31.9. The maximum atomic E-state index is 14.1. The van der Waals surface area contributed by atoms with Crippen LogP contribution in [-0.2, 0) is 22.6 Å². The van der Waals surface area contributed by atoms with E-state index in [-0.39, 0.29) is 11.9 Å². The Bertz CT molecular complexity index is 2130. The van der Waals surface area contributed by atoms with E-state index in [0.29, 0.717) is 48.0 Å². The zero-order valence-electron chi connectivity index (χ0n) is 30.3. The van der Waals surface area contributed by atoms with Gasteiger partial charge in [-0.3, -0.25) is 14.7 Å². The highest BCUT2D eigenvalue weighted by molar-refractivity contribution is 9.10. The number of ether oxygens (including phenoxy) is 2. The number of fused-ring (bicyclic) bond motifs is 1. The first kappa shape index (κ1) is 36.9. The van der Waals surface area contributed by atoms with Gasteiger partial charge in [0.05, 0.1) is 37.7 Å². The average molecular weight is 788 g/mol. The summed E-state index contributed by atoms with van der Waals surface area (Å²) in [5.41, 5.74) is 6.20. The molecule has 2 N–H and O–H groups in total. The molecule has 276 valence electrons. The molecule has 1 amide bonds. The molecule has 0 spiro atoms. The molecule has 2 heterocycles. The lowest BCUT2D eigenvalue weighted by atomic mass is 9.86. The summed E-state index contributed by atoms with van der Waals surface area (Å²) in [6, 6.07) is 36.7. The third kappa shape index (κ3) is 7.90. The summed E-state index contributed by atoms with van der Waals surface area (Å²) in [6.45, 7) is 2.08. The van der Waals surface area contributed by atoms with Gasteiger partial charge in [-0.1, -0.05) is 94.8 Å². The number of anilines is 2. The molecule has 2 aliphatic rings. The molecule has 0 aliphatic carbocycles. The Hall–Kier alpha value is -5.45. The number of carbonyl (C=O) groups excluding carboxylic acids is 1. The van der Waals surface area contributed by atoms with Crippen LogP contribution >= 0.6 is 15.9 Å². The first-order chi connectivity index (χ1) is 26.3. The van der Waals surface area contributed by atoms with Crippen molar-refractivity contribution in [3.05, 3.63) is 154 Å². The summed E-state index contributed by atoms with van der Waals surface area (Å²) < 4.78 is 12.3. The maximum Gasteiger partial charge on any atom is 0.330 e. The van der Waals surface area contributed by atoms with Crippen LogP contribution in [0.25, 0.3) is 0 Å². The minimum atomic E-state index is -1.26. The molecule has 0 bridgehead atoms. The number of para-hydroxylation sites is 1. The smallest absolute Gasteiger partial charge is 0.330 e. The minimum Gasteiger partial charge on any atom is -0.493 e. The van der Waals surface area contributed by atoms with Crippen molar-refractivity contribution in [1.29, 1.82) is 0 Å². The van der Waals surface area contributed by atoms with Gasteiger partial charge < -0.3 is 24.8 Å². The predicted octanol–water partition coefficient (Wildman–Crippen LogP) is 8.16. The molecule has 9 nitrogen and oxygen atoms in total. The molecule has 5 aromatic carbocycles. The van der Waals surface area contributed by atoms with Crippen LogP contribution in [0.3, 0.4) is 0 Å². The Balaban J connectivity index is 1.32. The number of aliphatic imine (C=N–C) groups is 1. The van der Waals surface area contributed by atoms with Crippen LogP contribution in [0.1, 0.15) is 46.7 Å². The number of halogens is 1. The fourth-order valence-corrected chi connectivity index (χ4v) is 7.94. The monoisotopic (exact) mass is 786 g/mol.